The summed E-state index contributed by atoms with van der Waals surface area (Å²) in [7, 11) is 0. The number of carbonyl (C=O) groups excluding carboxylic acids is 1. The maximum atomic E-state index is 11.1. The molecule has 0 aliphatic carbocycles. The summed E-state index contributed by atoms with van der Waals surface area (Å²) in [5.41, 5.74) is 8.02. The van der Waals surface area contributed by atoms with Crippen molar-refractivity contribution < 1.29 is 4.79 Å². The van der Waals surface area contributed by atoms with Gasteiger partial charge in [-0.25, -0.2) is 0 Å². The highest BCUT2D eigenvalue weighted by Gasteiger charge is 2.14. The van der Waals surface area contributed by atoms with Crippen molar-refractivity contribution in [3.63, 3.8) is 0 Å². The molecule has 1 aromatic rings. The van der Waals surface area contributed by atoms with Crippen molar-refractivity contribution in [2.24, 2.45) is 5.73 Å². The molecule has 92 valence electrons. The van der Waals surface area contributed by atoms with Crippen LogP contribution in [0.4, 0.5) is 5.69 Å². The van der Waals surface area contributed by atoms with Crippen molar-refractivity contribution >= 4 is 23.4 Å². The summed E-state index contributed by atoms with van der Waals surface area (Å²) in [4.78, 5) is 11.1. The second kappa shape index (κ2) is 5.45. The Morgan fingerprint density at radius 1 is 1.53 bits per heavy atom. The highest BCUT2D eigenvalue weighted by Crippen LogP contribution is 2.23. The zero-order valence-corrected chi connectivity index (χ0v) is 10.8. The van der Waals surface area contributed by atoms with Gasteiger partial charge in [0, 0.05) is 23.0 Å². The molecule has 1 saturated heterocycles. The van der Waals surface area contributed by atoms with Gasteiger partial charge in [0.1, 0.15) is 0 Å². The van der Waals surface area contributed by atoms with Crippen LogP contribution in [-0.2, 0) is 0 Å². The molecule has 0 radical (unpaired) electrons. The highest BCUT2D eigenvalue weighted by molar-refractivity contribution is 7.99. The molecule has 1 atom stereocenters. The summed E-state index contributed by atoms with van der Waals surface area (Å²) in [5, 5.41) is 3.54. The van der Waals surface area contributed by atoms with E-state index >= 15 is 0 Å². The minimum atomic E-state index is -0.368. The zero-order valence-electron chi connectivity index (χ0n) is 10.0. The van der Waals surface area contributed by atoms with Gasteiger partial charge in [0.25, 0.3) is 0 Å². The van der Waals surface area contributed by atoms with Crippen LogP contribution in [0.2, 0.25) is 0 Å². The molecule has 1 aromatic carbocycles. The Kier molecular flexibility index (Phi) is 3.94. The summed E-state index contributed by atoms with van der Waals surface area (Å²) in [6.45, 7) is 2.00. The summed E-state index contributed by atoms with van der Waals surface area (Å²) >= 11 is 2.00. The summed E-state index contributed by atoms with van der Waals surface area (Å²) in [5.74, 6) is 2.07. The molecule has 1 unspecified atom stereocenters. The van der Waals surface area contributed by atoms with E-state index in [0.29, 0.717) is 11.6 Å². The third kappa shape index (κ3) is 3.16. The molecule has 1 aliphatic rings. The molecular weight excluding hydrogens is 232 g/mol. The minimum Gasteiger partial charge on any atom is -0.381 e. The van der Waals surface area contributed by atoms with Gasteiger partial charge >= 0.3 is 0 Å². The Labute approximate surface area is 106 Å². The molecule has 1 heterocycles. The third-order valence-corrected chi connectivity index (χ3v) is 4.25. The van der Waals surface area contributed by atoms with Crippen LogP contribution in [0, 0.1) is 6.92 Å². The lowest BCUT2D eigenvalue weighted by molar-refractivity contribution is 0.100. The van der Waals surface area contributed by atoms with Crippen LogP contribution in [-0.4, -0.2) is 23.5 Å². The number of anilines is 1. The minimum absolute atomic E-state index is 0.368. The van der Waals surface area contributed by atoms with Crippen LogP contribution >= 0.6 is 11.8 Å². The van der Waals surface area contributed by atoms with Crippen LogP contribution in [0.5, 0.6) is 0 Å². The Balaban J connectivity index is 2.08. The predicted octanol–water partition coefficient (Wildman–Crippen LogP) is 2.40. The van der Waals surface area contributed by atoms with Crippen LogP contribution < -0.4 is 11.1 Å². The number of carbonyl (C=O) groups is 1. The van der Waals surface area contributed by atoms with Gasteiger partial charge in [-0.3, -0.25) is 4.79 Å². The second-order valence-corrected chi connectivity index (χ2v) is 5.60. The van der Waals surface area contributed by atoms with E-state index in [-0.39, 0.29) is 5.91 Å². The molecule has 4 heteroatoms. The van der Waals surface area contributed by atoms with Crippen LogP contribution in [0.15, 0.2) is 18.2 Å². The Morgan fingerprint density at radius 2 is 2.35 bits per heavy atom. The average Bonchev–Trinajstić information content (AvgIpc) is 2.33. The van der Waals surface area contributed by atoms with Gasteiger partial charge in [-0.2, -0.15) is 11.8 Å². The van der Waals surface area contributed by atoms with E-state index in [1.54, 1.807) is 6.07 Å². The number of thioether (sulfide) groups is 1. The van der Waals surface area contributed by atoms with Crippen molar-refractivity contribution in [3.05, 3.63) is 29.3 Å². The number of nitrogens with one attached hydrogen (secondary N) is 1. The first-order chi connectivity index (χ1) is 8.16. The molecule has 3 N–H and O–H groups in total. The number of nitrogens with two attached hydrogens (primary N) is 1. The van der Waals surface area contributed by atoms with E-state index in [9.17, 15) is 4.79 Å². The molecule has 0 spiro atoms. The zero-order chi connectivity index (χ0) is 12.3. The highest BCUT2D eigenvalue weighted by atomic mass is 32.2. The van der Waals surface area contributed by atoms with Crippen molar-refractivity contribution in [1.82, 2.24) is 0 Å². The molecule has 1 amide bonds. The first-order valence-electron chi connectivity index (χ1n) is 5.91. The number of hydrogen-bond donors (Lipinski definition) is 2. The van der Waals surface area contributed by atoms with Crippen molar-refractivity contribution in [2.75, 3.05) is 16.8 Å². The number of aryl methyl sites for hydroxylation is 1. The van der Waals surface area contributed by atoms with Gasteiger partial charge in [-0.1, -0.05) is 0 Å². The second-order valence-electron chi connectivity index (χ2n) is 4.45. The molecule has 0 bridgehead atoms. The number of hydrogen-bond acceptors (Lipinski definition) is 3. The molecule has 3 nitrogen and oxygen atoms in total. The third-order valence-electron chi connectivity index (χ3n) is 3.03. The number of rotatable bonds is 3. The molecule has 17 heavy (non-hydrogen) atoms. The van der Waals surface area contributed by atoms with Gasteiger partial charge in [-0.15, -0.1) is 0 Å². The van der Waals surface area contributed by atoms with E-state index in [2.05, 4.69) is 5.32 Å². The Morgan fingerprint density at radius 3 is 2.94 bits per heavy atom. The maximum Gasteiger partial charge on any atom is 0.248 e. The normalized spacial score (nSPS) is 19.9. The van der Waals surface area contributed by atoms with E-state index in [4.69, 9.17) is 5.73 Å². The fraction of sp³-hybridized carbons (Fsp3) is 0.462. The quantitative estimate of drug-likeness (QED) is 0.866. The molecule has 1 aliphatic heterocycles. The first kappa shape index (κ1) is 12.3. The van der Waals surface area contributed by atoms with Gasteiger partial charge in [0.15, 0.2) is 0 Å². The lowest BCUT2D eigenvalue weighted by atomic mass is 10.1. The van der Waals surface area contributed by atoms with Crippen molar-refractivity contribution in [3.8, 4) is 0 Å². The Bertz CT molecular complexity index is 414. The van der Waals surface area contributed by atoms with Crippen LogP contribution in [0.1, 0.15) is 28.8 Å². The molecule has 1 fully saturated rings. The summed E-state index contributed by atoms with van der Waals surface area (Å²) < 4.78 is 0. The standard InChI is InChI=1S/C13H18N2OS/c1-9-7-10(13(14)16)4-5-12(9)15-11-3-2-6-17-8-11/h4-5,7,11,15H,2-3,6,8H2,1H3,(H2,14,16). The average molecular weight is 250 g/mol. The Hall–Kier alpha value is -1.16. The summed E-state index contributed by atoms with van der Waals surface area (Å²) in [6.07, 6.45) is 2.50. The molecule has 0 saturated carbocycles. The van der Waals surface area contributed by atoms with Gasteiger partial charge in [0.2, 0.25) is 5.91 Å². The smallest absolute Gasteiger partial charge is 0.248 e. The van der Waals surface area contributed by atoms with Gasteiger partial charge in [-0.05, 0) is 49.3 Å². The lowest BCUT2D eigenvalue weighted by Gasteiger charge is -2.24. The van der Waals surface area contributed by atoms with E-state index in [1.165, 1.54) is 18.6 Å². The van der Waals surface area contributed by atoms with Crippen LogP contribution in [0.3, 0.4) is 0 Å². The van der Waals surface area contributed by atoms with E-state index in [1.807, 2.05) is 30.8 Å². The number of benzene rings is 1. The van der Waals surface area contributed by atoms with Gasteiger partial charge < -0.3 is 11.1 Å². The first-order valence-corrected chi connectivity index (χ1v) is 7.07. The molecule has 2 rings (SSSR count). The fourth-order valence-corrected chi connectivity index (χ4v) is 3.13. The van der Waals surface area contributed by atoms with E-state index in [0.717, 1.165) is 17.0 Å². The lowest BCUT2D eigenvalue weighted by Crippen LogP contribution is -2.26. The van der Waals surface area contributed by atoms with Gasteiger partial charge in [0.05, 0.1) is 0 Å². The number of primary amides is 1. The summed E-state index contributed by atoms with van der Waals surface area (Å²) in [6, 6.07) is 6.13. The number of amides is 1. The topological polar surface area (TPSA) is 55.1 Å². The van der Waals surface area contributed by atoms with Crippen LogP contribution in [0.25, 0.3) is 0 Å². The molecule has 0 aromatic heterocycles. The monoisotopic (exact) mass is 250 g/mol. The SMILES string of the molecule is Cc1cc(C(N)=O)ccc1NC1CCCSC1. The fourth-order valence-electron chi connectivity index (χ4n) is 2.05. The predicted molar refractivity (Wildman–Crippen MR) is 73.7 cm³/mol. The molecular formula is C13H18N2OS. The van der Waals surface area contributed by atoms with Crippen molar-refractivity contribution in [2.45, 2.75) is 25.8 Å². The largest absolute Gasteiger partial charge is 0.381 e. The van der Waals surface area contributed by atoms with E-state index < -0.39 is 0 Å². The van der Waals surface area contributed by atoms with Crippen molar-refractivity contribution in [1.29, 1.82) is 0 Å². The maximum absolute atomic E-state index is 11.1.